The maximum Gasteiger partial charge on any atom is 0.251 e. The molecule has 2 heterocycles. The fourth-order valence-corrected chi connectivity index (χ4v) is 3.61. The van der Waals surface area contributed by atoms with Crippen LogP contribution in [0.5, 0.6) is 0 Å². The molecule has 2 aliphatic rings. The fourth-order valence-electron chi connectivity index (χ4n) is 3.61. The van der Waals surface area contributed by atoms with Gasteiger partial charge in [0.15, 0.2) is 0 Å². The molecule has 3 rings (SSSR count). The van der Waals surface area contributed by atoms with Gasteiger partial charge in [0.25, 0.3) is 5.91 Å². The molecule has 1 aromatic heterocycles. The van der Waals surface area contributed by atoms with Crippen LogP contribution >= 0.6 is 0 Å². The van der Waals surface area contributed by atoms with Gasteiger partial charge < -0.3 is 20.3 Å². The SMILES string of the molecule is CC(=O)NC1(C(=O)Nc2ccc(N3CCOCC3)cn2)CCCCC1. The summed E-state index contributed by atoms with van der Waals surface area (Å²) in [5.74, 6) is 0.166. The molecule has 7 nitrogen and oxygen atoms in total. The molecule has 136 valence electrons. The molecule has 25 heavy (non-hydrogen) atoms. The van der Waals surface area contributed by atoms with E-state index >= 15 is 0 Å². The van der Waals surface area contributed by atoms with Crippen molar-refractivity contribution in [2.75, 3.05) is 36.5 Å². The number of pyridine rings is 1. The van der Waals surface area contributed by atoms with Crippen LogP contribution in [0, 0.1) is 0 Å². The molecule has 1 aliphatic heterocycles. The summed E-state index contributed by atoms with van der Waals surface area (Å²) < 4.78 is 5.35. The third-order valence-corrected chi connectivity index (χ3v) is 4.92. The summed E-state index contributed by atoms with van der Waals surface area (Å²) in [5, 5.41) is 5.76. The number of amides is 2. The Labute approximate surface area is 148 Å². The van der Waals surface area contributed by atoms with Crippen molar-refractivity contribution < 1.29 is 14.3 Å². The van der Waals surface area contributed by atoms with Crippen LogP contribution in [-0.4, -0.2) is 48.6 Å². The second-order valence-corrected chi connectivity index (χ2v) is 6.78. The molecule has 0 aromatic carbocycles. The monoisotopic (exact) mass is 346 g/mol. The van der Waals surface area contributed by atoms with E-state index in [1.54, 1.807) is 6.20 Å². The van der Waals surface area contributed by atoms with Gasteiger partial charge in [-0.05, 0) is 25.0 Å². The van der Waals surface area contributed by atoms with E-state index < -0.39 is 5.54 Å². The van der Waals surface area contributed by atoms with Crippen molar-refractivity contribution in [2.45, 2.75) is 44.6 Å². The first-order chi connectivity index (χ1) is 12.1. The van der Waals surface area contributed by atoms with Gasteiger partial charge in [0.1, 0.15) is 11.4 Å². The zero-order chi connectivity index (χ0) is 17.7. The third-order valence-electron chi connectivity index (χ3n) is 4.92. The number of aromatic nitrogens is 1. The van der Waals surface area contributed by atoms with Crippen LogP contribution < -0.4 is 15.5 Å². The average molecular weight is 346 g/mol. The second-order valence-electron chi connectivity index (χ2n) is 6.78. The first kappa shape index (κ1) is 17.7. The van der Waals surface area contributed by atoms with Crippen molar-refractivity contribution in [3.63, 3.8) is 0 Å². The quantitative estimate of drug-likeness (QED) is 0.867. The summed E-state index contributed by atoms with van der Waals surface area (Å²) in [6.45, 7) is 4.59. The number of morpholine rings is 1. The molecule has 2 N–H and O–H groups in total. The van der Waals surface area contributed by atoms with Crippen molar-refractivity contribution in [1.29, 1.82) is 0 Å². The Bertz CT molecular complexity index is 605. The van der Waals surface area contributed by atoms with E-state index in [-0.39, 0.29) is 11.8 Å². The van der Waals surface area contributed by atoms with Crippen molar-refractivity contribution in [3.8, 4) is 0 Å². The lowest BCUT2D eigenvalue weighted by Crippen LogP contribution is -2.57. The normalized spacial score (nSPS) is 20.0. The number of carbonyl (C=O) groups is 2. The van der Waals surface area contributed by atoms with E-state index in [1.165, 1.54) is 6.92 Å². The first-order valence-corrected chi connectivity index (χ1v) is 8.98. The summed E-state index contributed by atoms with van der Waals surface area (Å²) in [6, 6.07) is 3.77. The van der Waals surface area contributed by atoms with Gasteiger partial charge in [-0.1, -0.05) is 19.3 Å². The zero-order valence-corrected chi connectivity index (χ0v) is 14.7. The van der Waals surface area contributed by atoms with Gasteiger partial charge in [-0.25, -0.2) is 4.98 Å². The third kappa shape index (κ3) is 4.28. The highest BCUT2D eigenvalue weighted by atomic mass is 16.5. The molecule has 0 bridgehead atoms. The Morgan fingerprint density at radius 1 is 1.16 bits per heavy atom. The molecular formula is C18H26N4O3. The Balaban J connectivity index is 1.67. The summed E-state index contributed by atoms with van der Waals surface area (Å²) in [7, 11) is 0. The van der Waals surface area contributed by atoms with Gasteiger partial charge in [-0.15, -0.1) is 0 Å². The van der Waals surface area contributed by atoms with Gasteiger partial charge in [0, 0.05) is 20.0 Å². The molecule has 2 fully saturated rings. The Morgan fingerprint density at radius 3 is 2.48 bits per heavy atom. The van der Waals surface area contributed by atoms with Crippen LogP contribution in [0.3, 0.4) is 0 Å². The van der Waals surface area contributed by atoms with Gasteiger partial charge >= 0.3 is 0 Å². The largest absolute Gasteiger partial charge is 0.378 e. The minimum Gasteiger partial charge on any atom is -0.378 e. The Kier molecular flexibility index (Phi) is 5.53. The van der Waals surface area contributed by atoms with E-state index in [2.05, 4.69) is 20.5 Å². The van der Waals surface area contributed by atoms with Crippen molar-refractivity contribution in [2.24, 2.45) is 0 Å². The molecule has 1 aliphatic carbocycles. The van der Waals surface area contributed by atoms with Crippen molar-refractivity contribution in [3.05, 3.63) is 18.3 Å². The van der Waals surface area contributed by atoms with Crippen LogP contribution in [0.25, 0.3) is 0 Å². The lowest BCUT2D eigenvalue weighted by atomic mass is 9.80. The molecule has 1 aromatic rings. The molecule has 1 saturated carbocycles. The molecule has 1 saturated heterocycles. The number of rotatable bonds is 4. The summed E-state index contributed by atoms with van der Waals surface area (Å²) >= 11 is 0. The number of nitrogens with one attached hydrogen (secondary N) is 2. The smallest absolute Gasteiger partial charge is 0.251 e. The van der Waals surface area contributed by atoms with E-state index in [4.69, 9.17) is 4.74 Å². The highest BCUT2D eigenvalue weighted by Gasteiger charge is 2.40. The van der Waals surface area contributed by atoms with E-state index in [1.807, 2.05) is 12.1 Å². The highest BCUT2D eigenvalue weighted by Crippen LogP contribution is 2.29. The highest BCUT2D eigenvalue weighted by molar-refractivity contribution is 5.99. The summed E-state index contributed by atoms with van der Waals surface area (Å²) in [5.41, 5.74) is 0.213. The number of carbonyl (C=O) groups excluding carboxylic acids is 2. The lowest BCUT2D eigenvalue weighted by Gasteiger charge is -2.36. The van der Waals surface area contributed by atoms with Crippen LogP contribution in [0.15, 0.2) is 18.3 Å². The van der Waals surface area contributed by atoms with E-state index in [0.717, 1.165) is 51.3 Å². The molecular weight excluding hydrogens is 320 g/mol. The maximum absolute atomic E-state index is 12.8. The van der Waals surface area contributed by atoms with E-state index in [9.17, 15) is 9.59 Å². The minimum absolute atomic E-state index is 0.172. The van der Waals surface area contributed by atoms with Crippen LogP contribution in [0.4, 0.5) is 11.5 Å². The average Bonchev–Trinajstić information content (AvgIpc) is 2.63. The van der Waals surface area contributed by atoms with Crippen molar-refractivity contribution >= 4 is 23.3 Å². The molecule has 7 heteroatoms. The zero-order valence-electron chi connectivity index (χ0n) is 14.7. The van der Waals surface area contributed by atoms with Crippen LogP contribution in [-0.2, 0) is 14.3 Å². The summed E-state index contributed by atoms with van der Waals surface area (Å²) in [6.07, 6.45) is 6.09. The standard InChI is InChI=1S/C18H26N4O3/c1-14(23)21-18(7-3-2-4-8-18)17(24)20-16-6-5-15(13-19-16)22-9-11-25-12-10-22/h5-6,13H,2-4,7-12H2,1H3,(H,21,23)(H,19,20,24). The predicted molar refractivity (Wildman–Crippen MR) is 95.5 cm³/mol. The van der Waals surface area contributed by atoms with Gasteiger partial charge in [-0.3, -0.25) is 9.59 Å². The molecule has 0 atom stereocenters. The number of ether oxygens (including phenoxy) is 1. The number of anilines is 2. The number of hydrogen-bond donors (Lipinski definition) is 2. The maximum atomic E-state index is 12.8. The first-order valence-electron chi connectivity index (χ1n) is 8.98. The minimum atomic E-state index is -0.811. The second kappa shape index (κ2) is 7.82. The molecule has 0 unspecified atom stereocenters. The van der Waals surface area contributed by atoms with Crippen LogP contribution in [0.2, 0.25) is 0 Å². The lowest BCUT2D eigenvalue weighted by molar-refractivity contribution is -0.130. The Hall–Kier alpha value is -2.15. The fraction of sp³-hybridized carbons (Fsp3) is 0.611. The van der Waals surface area contributed by atoms with Crippen molar-refractivity contribution in [1.82, 2.24) is 10.3 Å². The number of nitrogens with zero attached hydrogens (tertiary/aromatic N) is 2. The van der Waals surface area contributed by atoms with Gasteiger partial charge in [0.2, 0.25) is 5.91 Å². The predicted octanol–water partition coefficient (Wildman–Crippen LogP) is 1.70. The summed E-state index contributed by atoms with van der Waals surface area (Å²) in [4.78, 5) is 31.0. The van der Waals surface area contributed by atoms with Crippen LogP contribution in [0.1, 0.15) is 39.0 Å². The van der Waals surface area contributed by atoms with Gasteiger partial charge in [-0.2, -0.15) is 0 Å². The molecule has 2 amide bonds. The number of hydrogen-bond acceptors (Lipinski definition) is 5. The van der Waals surface area contributed by atoms with Gasteiger partial charge in [0.05, 0.1) is 25.1 Å². The molecule has 0 radical (unpaired) electrons. The Morgan fingerprint density at radius 2 is 1.88 bits per heavy atom. The topological polar surface area (TPSA) is 83.6 Å². The molecule has 0 spiro atoms. The van der Waals surface area contributed by atoms with E-state index in [0.29, 0.717) is 18.7 Å².